The van der Waals surface area contributed by atoms with Gasteiger partial charge < -0.3 is 10.1 Å². The number of hydrogen-bond donors (Lipinski definition) is 1. The quantitative estimate of drug-likeness (QED) is 0.804. The first-order chi connectivity index (χ1) is 11.2. The Hall–Kier alpha value is -3.15. The number of para-hydroxylation sites is 1. The molecule has 23 heavy (non-hydrogen) atoms. The van der Waals surface area contributed by atoms with Gasteiger partial charge in [0, 0.05) is 37.7 Å². The van der Waals surface area contributed by atoms with E-state index in [0.29, 0.717) is 12.3 Å². The van der Waals surface area contributed by atoms with Crippen LogP contribution in [0.3, 0.4) is 0 Å². The largest absolute Gasteiger partial charge is 0.412 e. The zero-order valence-corrected chi connectivity index (χ0v) is 12.6. The molecule has 6 heteroatoms. The Balaban J connectivity index is 1.62. The molecule has 0 saturated carbocycles. The van der Waals surface area contributed by atoms with Crippen molar-refractivity contribution in [3.05, 3.63) is 66.6 Å². The lowest BCUT2D eigenvalue weighted by Crippen LogP contribution is -2.26. The van der Waals surface area contributed by atoms with Crippen LogP contribution in [-0.2, 0) is 13.6 Å². The molecule has 0 spiro atoms. The fourth-order valence-electron chi connectivity index (χ4n) is 2.19. The lowest BCUT2D eigenvalue weighted by molar-refractivity contribution is 0.200. The Bertz CT molecular complexity index is 799. The van der Waals surface area contributed by atoms with Crippen molar-refractivity contribution in [2.24, 2.45) is 7.05 Å². The van der Waals surface area contributed by atoms with E-state index in [2.05, 4.69) is 15.4 Å². The van der Waals surface area contributed by atoms with Gasteiger partial charge in [-0.1, -0.05) is 18.2 Å². The summed E-state index contributed by atoms with van der Waals surface area (Å²) in [5, 5.41) is 6.85. The number of rotatable bonds is 4. The third-order valence-corrected chi connectivity index (χ3v) is 3.30. The van der Waals surface area contributed by atoms with Crippen LogP contribution in [0, 0.1) is 0 Å². The average molecular weight is 308 g/mol. The van der Waals surface area contributed by atoms with E-state index in [4.69, 9.17) is 4.74 Å². The standard InChI is InChI=1S/C17H16N4O2/c1-21-16(7-8-20-21)14-9-13(10-18-12-14)11-19-17(22)23-15-5-3-2-4-6-15/h2-10,12H,11H2,1H3,(H,19,22). The van der Waals surface area contributed by atoms with Crippen molar-refractivity contribution >= 4 is 6.09 Å². The van der Waals surface area contributed by atoms with Crippen molar-refractivity contribution < 1.29 is 9.53 Å². The van der Waals surface area contributed by atoms with Crippen molar-refractivity contribution in [3.8, 4) is 17.0 Å². The monoisotopic (exact) mass is 308 g/mol. The maximum absolute atomic E-state index is 11.8. The molecule has 0 saturated heterocycles. The Kier molecular flexibility index (Phi) is 4.33. The molecule has 0 radical (unpaired) electrons. The molecule has 116 valence electrons. The predicted molar refractivity (Wildman–Crippen MR) is 85.7 cm³/mol. The van der Waals surface area contributed by atoms with Gasteiger partial charge in [0.05, 0.1) is 5.69 Å². The summed E-state index contributed by atoms with van der Waals surface area (Å²) in [7, 11) is 1.87. The topological polar surface area (TPSA) is 69.0 Å². The Morgan fingerprint density at radius 1 is 1.22 bits per heavy atom. The number of carbonyl (C=O) groups is 1. The lowest BCUT2D eigenvalue weighted by Gasteiger charge is -2.08. The van der Waals surface area contributed by atoms with Crippen LogP contribution in [0.1, 0.15) is 5.56 Å². The minimum absolute atomic E-state index is 0.338. The molecule has 2 aromatic heterocycles. The van der Waals surface area contributed by atoms with Crippen LogP contribution in [0.5, 0.6) is 5.75 Å². The second-order valence-corrected chi connectivity index (χ2v) is 4.98. The second kappa shape index (κ2) is 6.74. The van der Waals surface area contributed by atoms with Gasteiger partial charge in [0.2, 0.25) is 0 Å². The minimum Gasteiger partial charge on any atom is -0.410 e. The molecule has 0 aliphatic carbocycles. The molecule has 1 amide bonds. The smallest absolute Gasteiger partial charge is 0.410 e. The number of ether oxygens (including phenoxy) is 1. The normalized spacial score (nSPS) is 10.3. The van der Waals surface area contributed by atoms with Crippen LogP contribution in [0.15, 0.2) is 61.1 Å². The Morgan fingerprint density at radius 3 is 2.78 bits per heavy atom. The molecule has 0 bridgehead atoms. The third-order valence-electron chi connectivity index (χ3n) is 3.30. The third kappa shape index (κ3) is 3.74. The summed E-state index contributed by atoms with van der Waals surface area (Å²) in [6.45, 7) is 0.338. The molecule has 0 unspecified atom stereocenters. The SMILES string of the molecule is Cn1nccc1-c1cncc(CNC(=O)Oc2ccccc2)c1. The van der Waals surface area contributed by atoms with Crippen molar-refractivity contribution in [3.63, 3.8) is 0 Å². The van der Waals surface area contributed by atoms with Crippen LogP contribution >= 0.6 is 0 Å². The fourth-order valence-corrected chi connectivity index (χ4v) is 2.19. The predicted octanol–water partition coefficient (Wildman–Crippen LogP) is 2.77. The second-order valence-electron chi connectivity index (χ2n) is 4.98. The number of aromatic nitrogens is 3. The van der Waals surface area contributed by atoms with Crippen LogP contribution in [-0.4, -0.2) is 20.9 Å². The molecular weight excluding hydrogens is 292 g/mol. The molecule has 1 aromatic carbocycles. The first-order valence-electron chi connectivity index (χ1n) is 7.15. The van der Waals surface area contributed by atoms with Crippen LogP contribution in [0.4, 0.5) is 4.79 Å². The number of carbonyl (C=O) groups excluding carboxylic acids is 1. The summed E-state index contributed by atoms with van der Waals surface area (Å²) in [4.78, 5) is 16.0. The molecular formula is C17H16N4O2. The highest BCUT2D eigenvalue weighted by Gasteiger charge is 2.07. The van der Waals surface area contributed by atoms with Gasteiger partial charge in [-0.05, 0) is 29.8 Å². The minimum atomic E-state index is -0.498. The zero-order valence-electron chi connectivity index (χ0n) is 12.6. The number of hydrogen-bond acceptors (Lipinski definition) is 4. The average Bonchev–Trinajstić information content (AvgIpc) is 3.00. The molecule has 1 N–H and O–H groups in total. The summed E-state index contributed by atoms with van der Waals surface area (Å²) in [6, 6.07) is 12.8. The highest BCUT2D eigenvalue weighted by atomic mass is 16.5. The van der Waals surface area contributed by atoms with Gasteiger partial charge in [-0.15, -0.1) is 0 Å². The van der Waals surface area contributed by atoms with E-state index in [1.54, 1.807) is 35.4 Å². The highest BCUT2D eigenvalue weighted by molar-refractivity contribution is 5.70. The van der Waals surface area contributed by atoms with E-state index in [0.717, 1.165) is 16.8 Å². The van der Waals surface area contributed by atoms with E-state index in [-0.39, 0.29) is 0 Å². The van der Waals surface area contributed by atoms with Crippen molar-refractivity contribution in [2.45, 2.75) is 6.54 Å². The molecule has 0 aliphatic heterocycles. The number of amides is 1. The molecule has 0 atom stereocenters. The Morgan fingerprint density at radius 2 is 2.04 bits per heavy atom. The van der Waals surface area contributed by atoms with Gasteiger partial charge in [0.25, 0.3) is 0 Å². The maximum Gasteiger partial charge on any atom is 0.412 e. The van der Waals surface area contributed by atoms with Gasteiger partial charge in [-0.3, -0.25) is 9.67 Å². The number of benzene rings is 1. The van der Waals surface area contributed by atoms with E-state index in [1.165, 1.54) is 0 Å². The van der Waals surface area contributed by atoms with Crippen molar-refractivity contribution in [1.29, 1.82) is 0 Å². The zero-order chi connectivity index (χ0) is 16.1. The van der Waals surface area contributed by atoms with Gasteiger partial charge >= 0.3 is 6.09 Å². The maximum atomic E-state index is 11.8. The molecule has 3 aromatic rings. The van der Waals surface area contributed by atoms with E-state index < -0.39 is 6.09 Å². The highest BCUT2D eigenvalue weighted by Crippen LogP contribution is 2.18. The van der Waals surface area contributed by atoms with Crippen LogP contribution in [0.2, 0.25) is 0 Å². The van der Waals surface area contributed by atoms with E-state index in [9.17, 15) is 4.79 Å². The molecule has 0 aliphatic rings. The Labute approximate surface area is 133 Å². The molecule has 6 nitrogen and oxygen atoms in total. The van der Waals surface area contributed by atoms with Crippen molar-refractivity contribution in [1.82, 2.24) is 20.1 Å². The van der Waals surface area contributed by atoms with Gasteiger partial charge in [0.1, 0.15) is 5.75 Å². The summed E-state index contributed by atoms with van der Waals surface area (Å²) in [5.41, 5.74) is 2.79. The molecule has 0 fully saturated rings. The van der Waals surface area contributed by atoms with Gasteiger partial charge in [-0.25, -0.2) is 4.79 Å². The van der Waals surface area contributed by atoms with Gasteiger partial charge in [0.15, 0.2) is 0 Å². The summed E-state index contributed by atoms with van der Waals surface area (Å²) in [6.07, 6.45) is 4.71. The van der Waals surface area contributed by atoms with E-state index in [1.807, 2.05) is 37.4 Å². The summed E-state index contributed by atoms with van der Waals surface area (Å²) >= 11 is 0. The molecule has 3 rings (SSSR count). The number of aryl methyl sites for hydroxylation is 1. The van der Waals surface area contributed by atoms with Gasteiger partial charge in [-0.2, -0.15) is 5.10 Å². The first-order valence-corrected chi connectivity index (χ1v) is 7.15. The fraction of sp³-hybridized carbons (Fsp3) is 0.118. The lowest BCUT2D eigenvalue weighted by atomic mass is 10.1. The number of pyridine rings is 1. The van der Waals surface area contributed by atoms with Crippen molar-refractivity contribution in [2.75, 3.05) is 0 Å². The van der Waals surface area contributed by atoms with Crippen LogP contribution < -0.4 is 10.1 Å². The molecule has 2 heterocycles. The first kappa shape index (κ1) is 14.8. The van der Waals surface area contributed by atoms with Crippen LogP contribution in [0.25, 0.3) is 11.3 Å². The van der Waals surface area contributed by atoms with E-state index >= 15 is 0 Å². The summed E-state index contributed by atoms with van der Waals surface area (Å²) in [5.74, 6) is 0.506. The number of nitrogens with zero attached hydrogens (tertiary/aromatic N) is 3. The number of nitrogens with one attached hydrogen (secondary N) is 1. The summed E-state index contributed by atoms with van der Waals surface area (Å²) < 4.78 is 6.95.